The van der Waals surface area contributed by atoms with E-state index in [2.05, 4.69) is 4.98 Å². The number of pyridine rings is 1. The van der Waals surface area contributed by atoms with Crippen molar-refractivity contribution in [1.29, 1.82) is 0 Å². The first-order valence-corrected chi connectivity index (χ1v) is 10.8. The molecule has 31 heavy (non-hydrogen) atoms. The van der Waals surface area contributed by atoms with Gasteiger partial charge in [0.1, 0.15) is 5.82 Å². The summed E-state index contributed by atoms with van der Waals surface area (Å²) in [6.07, 6.45) is 5.78. The second-order valence-electron chi connectivity index (χ2n) is 8.31. The van der Waals surface area contributed by atoms with Gasteiger partial charge < -0.3 is 9.80 Å². The van der Waals surface area contributed by atoms with Crippen molar-refractivity contribution in [1.82, 2.24) is 14.8 Å². The van der Waals surface area contributed by atoms with Crippen LogP contribution in [0.5, 0.6) is 0 Å². The number of Topliss-reactive ketones (excluding diaryl/α,β-unsaturated/α-hetero) is 1. The average Bonchev–Trinajstić information content (AvgIpc) is 2.80. The molecule has 2 fully saturated rings. The van der Waals surface area contributed by atoms with E-state index in [1.54, 1.807) is 12.4 Å². The zero-order valence-corrected chi connectivity index (χ0v) is 17.4. The Hall–Kier alpha value is -3.09. The van der Waals surface area contributed by atoms with Gasteiger partial charge in [-0.25, -0.2) is 4.39 Å². The highest BCUT2D eigenvalue weighted by molar-refractivity contribution is 5.97. The van der Waals surface area contributed by atoms with E-state index >= 15 is 0 Å². The third kappa shape index (κ3) is 4.98. The molecule has 2 aliphatic heterocycles. The van der Waals surface area contributed by atoms with Gasteiger partial charge in [0.15, 0.2) is 5.78 Å². The number of piperidine rings is 2. The first kappa shape index (κ1) is 21.2. The fourth-order valence-corrected chi connectivity index (χ4v) is 4.63. The van der Waals surface area contributed by atoms with E-state index in [1.807, 2.05) is 21.9 Å². The Bertz CT molecular complexity index is 948. The molecule has 3 heterocycles. The summed E-state index contributed by atoms with van der Waals surface area (Å²) in [5.41, 5.74) is 1.43. The Morgan fingerprint density at radius 1 is 1.10 bits per heavy atom. The normalized spacial score (nSPS) is 21.0. The number of hydrogen-bond acceptors (Lipinski definition) is 4. The molecule has 2 amide bonds. The summed E-state index contributed by atoms with van der Waals surface area (Å²) in [6, 6.07) is 9.37. The van der Waals surface area contributed by atoms with Crippen molar-refractivity contribution in [3.8, 4) is 0 Å². The van der Waals surface area contributed by atoms with E-state index in [4.69, 9.17) is 0 Å². The van der Waals surface area contributed by atoms with E-state index in [1.165, 1.54) is 24.3 Å². The summed E-state index contributed by atoms with van der Waals surface area (Å²) in [7, 11) is 0. The van der Waals surface area contributed by atoms with Crippen molar-refractivity contribution in [2.24, 2.45) is 5.92 Å². The predicted molar refractivity (Wildman–Crippen MR) is 112 cm³/mol. The van der Waals surface area contributed by atoms with Gasteiger partial charge in [-0.2, -0.15) is 0 Å². The molecule has 0 radical (unpaired) electrons. The standard InChI is InChI=1S/C24H26FN3O3/c25-20-6-3-18(4-7-20)22(29)8-10-23(30)27-13-11-21-19(16-27)5-9-24(31)28(21)15-17-2-1-12-26-14-17/h1-4,6-7,12,14,19,21H,5,8-11,13,15-16H2/t19-,21+/m1/s1. The number of hydrogen-bond donors (Lipinski definition) is 0. The fourth-order valence-electron chi connectivity index (χ4n) is 4.63. The molecular formula is C24H26FN3O3. The van der Waals surface area contributed by atoms with Crippen molar-refractivity contribution >= 4 is 17.6 Å². The third-order valence-corrected chi connectivity index (χ3v) is 6.30. The van der Waals surface area contributed by atoms with Gasteiger partial charge in [-0.05, 0) is 54.7 Å². The molecule has 2 aromatic rings. The summed E-state index contributed by atoms with van der Waals surface area (Å²) in [6.45, 7) is 1.75. The molecule has 0 saturated carbocycles. The molecule has 2 aliphatic rings. The molecule has 0 unspecified atom stereocenters. The molecule has 4 rings (SSSR count). The van der Waals surface area contributed by atoms with Crippen LogP contribution in [-0.2, 0) is 16.1 Å². The number of likely N-dealkylation sites (tertiary alicyclic amines) is 2. The molecular weight excluding hydrogens is 397 g/mol. The fraction of sp³-hybridized carbons (Fsp3) is 0.417. The summed E-state index contributed by atoms with van der Waals surface area (Å²) in [4.78, 5) is 45.5. The van der Waals surface area contributed by atoms with Gasteiger partial charge in [-0.3, -0.25) is 19.4 Å². The molecule has 6 nitrogen and oxygen atoms in total. The largest absolute Gasteiger partial charge is 0.342 e. The van der Waals surface area contributed by atoms with Crippen LogP contribution in [0.1, 0.15) is 48.0 Å². The van der Waals surface area contributed by atoms with Crippen LogP contribution in [0.4, 0.5) is 4.39 Å². The number of carbonyl (C=O) groups is 3. The lowest BCUT2D eigenvalue weighted by Gasteiger charge is -2.47. The number of carbonyl (C=O) groups excluding carboxylic acids is 3. The zero-order chi connectivity index (χ0) is 21.8. The molecule has 0 spiro atoms. The third-order valence-electron chi connectivity index (χ3n) is 6.30. The van der Waals surface area contributed by atoms with E-state index in [0.29, 0.717) is 31.6 Å². The minimum absolute atomic E-state index is 0.0374. The quantitative estimate of drug-likeness (QED) is 0.669. The number of benzene rings is 1. The number of fused-ring (bicyclic) bond motifs is 1. The van der Waals surface area contributed by atoms with Crippen LogP contribution in [0.3, 0.4) is 0 Å². The Balaban J connectivity index is 1.32. The molecule has 1 aromatic carbocycles. The van der Waals surface area contributed by atoms with Crippen LogP contribution in [0.25, 0.3) is 0 Å². The lowest BCUT2D eigenvalue weighted by molar-refractivity contribution is -0.145. The number of amides is 2. The second-order valence-corrected chi connectivity index (χ2v) is 8.31. The SMILES string of the molecule is O=C(CCC(=O)N1CC[C@H]2[C@H](CCC(=O)N2Cc2cccnc2)C1)c1ccc(F)cc1. The molecule has 1 aromatic heterocycles. The van der Waals surface area contributed by atoms with Crippen LogP contribution >= 0.6 is 0 Å². The van der Waals surface area contributed by atoms with Crippen LogP contribution in [0, 0.1) is 11.7 Å². The maximum Gasteiger partial charge on any atom is 0.223 e. The van der Waals surface area contributed by atoms with Gasteiger partial charge >= 0.3 is 0 Å². The molecule has 0 N–H and O–H groups in total. The van der Waals surface area contributed by atoms with Crippen molar-refractivity contribution in [3.05, 3.63) is 65.7 Å². The van der Waals surface area contributed by atoms with Crippen LogP contribution in [-0.4, -0.2) is 51.5 Å². The average molecular weight is 423 g/mol. The van der Waals surface area contributed by atoms with Crippen LogP contribution < -0.4 is 0 Å². The van der Waals surface area contributed by atoms with E-state index < -0.39 is 0 Å². The molecule has 7 heteroatoms. The maximum absolute atomic E-state index is 13.0. The summed E-state index contributed by atoms with van der Waals surface area (Å²) >= 11 is 0. The topological polar surface area (TPSA) is 70.6 Å². The highest BCUT2D eigenvalue weighted by Crippen LogP contribution is 2.32. The van der Waals surface area contributed by atoms with Gasteiger partial charge in [0.25, 0.3) is 0 Å². The smallest absolute Gasteiger partial charge is 0.223 e. The summed E-state index contributed by atoms with van der Waals surface area (Å²) < 4.78 is 13.0. The predicted octanol–water partition coefficient (Wildman–Crippen LogP) is 3.22. The molecule has 0 aliphatic carbocycles. The summed E-state index contributed by atoms with van der Waals surface area (Å²) in [5, 5.41) is 0. The second kappa shape index (κ2) is 9.37. The first-order valence-electron chi connectivity index (χ1n) is 10.8. The van der Waals surface area contributed by atoms with E-state index in [-0.39, 0.29) is 48.2 Å². The molecule has 2 saturated heterocycles. The van der Waals surface area contributed by atoms with Crippen molar-refractivity contribution < 1.29 is 18.8 Å². The van der Waals surface area contributed by atoms with E-state index in [0.717, 1.165) is 18.4 Å². The van der Waals surface area contributed by atoms with Crippen LogP contribution in [0.2, 0.25) is 0 Å². The van der Waals surface area contributed by atoms with Gasteiger partial charge in [0.2, 0.25) is 11.8 Å². The lowest BCUT2D eigenvalue weighted by atomic mass is 9.83. The van der Waals surface area contributed by atoms with Crippen molar-refractivity contribution in [2.75, 3.05) is 13.1 Å². The highest BCUT2D eigenvalue weighted by Gasteiger charge is 2.40. The van der Waals surface area contributed by atoms with Gasteiger partial charge in [-0.15, -0.1) is 0 Å². The Kier molecular flexibility index (Phi) is 6.39. The van der Waals surface area contributed by atoms with Crippen LogP contribution in [0.15, 0.2) is 48.8 Å². The number of ketones is 1. The molecule has 162 valence electrons. The zero-order valence-electron chi connectivity index (χ0n) is 17.4. The lowest BCUT2D eigenvalue weighted by Crippen LogP contribution is -2.56. The van der Waals surface area contributed by atoms with Gasteiger partial charge in [-0.1, -0.05) is 6.07 Å². The van der Waals surface area contributed by atoms with E-state index in [9.17, 15) is 18.8 Å². The monoisotopic (exact) mass is 423 g/mol. The first-order chi connectivity index (χ1) is 15.0. The maximum atomic E-state index is 13.0. The highest BCUT2D eigenvalue weighted by atomic mass is 19.1. The minimum atomic E-state index is -0.390. The van der Waals surface area contributed by atoms with Crippen molar-refractivity contribution in [3.63, 3.8) is 0 Å². The Labute approximate surface area is 181 Å². The molecule has 0 bridgehead atoms. The number of nitrogens with zero attached hydrogens (tertiary/aromatic N) is 3. The Morgan fingerprint density at radius 3 is 2.65 bits per heavy atom. The van der Waals surface area contributed by atoms with Crippen molar-refractivity contribution in [2.45, 2.75) is 44.7 Å². The van der Waals surface area contributed by atoms with Gasteiger partial charge in [0, 0.05) is 62.9 Å². The number of halogens is 1. The summed E-state index contributed by atoms with van der Waals surface area (Å²) in [5.74, 6) is -0.174. The van der Waals surface area contributed by atoms with Gasteiger partial charge in [0.05, 0.1) is 0 Å². The molecule has 2 atom stereocenters. The number of rotatable bonds is 6. The Morgan fingerprint density at radius 2 is 1.90 bits per heavy atom. The minimum Gasteiger partial charge on any atom is -0.342 e. The number of aromatic nitrogens is 1.